The van der Waals surface area contributed by atoms with Crippen LogP contribution < -0.4 is 5.32 Å². The van der Waals surface area contributed by atoms with Crippen LogP contribution in [0.3, 0.4) is 0 Å². The van der Waals surface area contributed by atoms with E-state index in [1.54, 1.807) is 7.11 Å². The summed E-state index contributed by atoms with van der Waals surface area (Å²) >= 11 is 7.23. The number of hydrogen-bond acceptors (Lipinski definition) is 2. The lowest BCUT2D eigenvalue weighted by Gasteiger charge is -2.22. The maximum absolute atomic E-state index is 5.34. The van der Waals surface area contributed by atoms with E-state index in [2.05, 4.69) is 68.4 Å². The van der Waals surface area contributed by atoms with Crippen molar-refractivity contribution in [2.75, 3.05) is 19.0 Å². The van der Waals surface area contributed by atoms with Crippen molar-refractivity contribution >= 4 is 37.5 Å². The third kappa shape index (κ3) is 3.84. The molecule has 0 heterocycles. The van der Waals surface area contributed by atoms with Crippen LogP contribution in [-0.4, -0.2) is 13.7 Å². The van der Waals surface area contributed by atoms with E-state index in [1.165, 1.54) is 11.1 Å². The number of rotatable bonds is 5. The number of ether oxygens (including phenoxy) is 1. The highest BCUT2D eigenvalue weighted by Crippen LogP contribution is 2.34. The van der Waals surface area contributed by atoms with Crippen molar-refractivity contribution in [2.24, 2.45) is 0 Å². The molecule has 0 radical (unpaired) electrons. The van der Waals surface area contributed by atoms with Crippen LogP contribution in [0.4, 0.5) is 5.69 Å². The minimum Gasteiger partial charge on any atom is -0.382 e. The predicted octanol–water partition coefficient (Wildman–Crippen LogP) is 5.32. The standard InChI is InChI=1S/C16H17Br2NO/c1-11-8-13(17)16(14(18)9-11)19-15(10-20-2)12-6-4-3-5-7-12/h3-9,15,19H,10H2,1-2H3. The predicted molar refractivity (Wildman–Crippen MR) is 91.3 cm³/mol. The number of anilines is 1. The van der Waals surface area contributed by atoms with Crippen molar-refractivity contribution in [3.8, 4) is 0 Å². The van der Waals surface area contributed by atoms with Gasteiger partial charge in [-0.05, 0) is 62.0 Å². The Labute approximate surface area is 136 Å². The highest BCUT2D eigenvalue weighted by Gasteiger charge is 2.14. The summed E-state index contributed by atoms with van der Waals surface area (Å²) in [6.07, 6.45) is 0. The van der Waals surface area contributed by atoms with Crippen LogP contribution in [0.15, 0.2) is 51.4 Å². The van der Waals surface area contributed by atoms with Crippen molar-refractivity contribution in [1.29, 1.82) is 0 Å². The molecule has 2 aromatic carbocycles. The van der Waals surface area contributed by atoms with Crippen molar-refractivity contribution in [2.45, 2.75) is 13.0 Å². The first-order chi connectivity index (χ1) is 9.61. The fourth-order valence-corrected chi connectivity index (χ4v) is 3.73. The number of nitrogens with one attached hydrogen (secondary N) is 1. The minimum atomic E-state index is 0.108. The number of halogens is 2. The van der Waals surface area contributed by atoms with Crippen molar-refractivity contribution in [3.05, 3.63) is 62.5 Å². The Kier molecular flexibility index (Phi) is 5.64. The highest BCUT2D eigenvalue weighted by molar-refractivity contribution is 9.11. The van der Waals surface area contributed by atoms with Crippen LogP contribution in [0.5, 0.6) is 0 Å². The Morgan fingerprint density at radius 1 is 1.10 bits per heavy atom. The molecule has 0 aliphatic carbocycles. The molecule has 2 aromatic rings. The Morgan fingerprint density at radius 3 is 2.25 bits per heavy atom. The van der Waals surface area contributed by atoms with Gasteiger partial charge in [0.05, 0.1) is 18.3 Å². The van der Waals surface area contributed by atoms with E-state index in [4.69, 9.17) is 4.74 Å². The van der Waals surface area contributed by atoms with Crippen LogP contribution >= 0.6 is 31.9 Å². The third-order valence-electron chi connectivity index (χ3n) is 3.04. The van der Waals surface area contributed by atoms with Crippen molar-refractivity contribution in [1.82, 2.24) is 0 Å². The molecule has 0 aliphatic heterocycles. The summed E-state index contributed by atoms with van der Waals surface area (Å²) in [6, 6.07) is 14.6. The molecule has 2 rings (SSSR count). The fraction of sp³-hybridized carbons (Fsp3) is 0.250. The van der Waals surface area contributed by atoms with E-state index >= 15 is 0 Å². The molecule has 106 valence electrons. The van der Waals surface area contributed by atoms with Gasteiger partial charge < -0.3 is 10.1 Å². The minimum absolute atomic E-state index is 0.108. The summed E-state index contributed by atoms with van der Waals surface area (Å²) in [5.41, 5.74) is 3.45. The average Bonchev–Trinajstić information content (AvgIpc) is 2.42. The van der Waals surface area contributed by atoms with Crippen molar-refractivity contribution < 1.29 is 4.74 Å². The molecular weight excluding hydrogens is 382 g/mol. The summed E-state index contributed by atoms with van der Waals surface area (Å²) in [4.78, 5) is 0. The quantitative estimate of drug-likeness (QED) is 0.735. The highest BCUT2D eigenvalue weighted by atomic mass is 79.9. The zero-order chi connectivity index (χ0) is 14.5. The second-order valence-electron chi connectivity index (χ2n) is 4.67. The Morgan fingerprint density at radius 2 is 1.70 bits per heavy atom. The van der Waals surface area contributed by atoms with E-state index in [-0.39, 0.29) is 6.04 Å². The van der Waals surface area contributed by atoms with Gasteiger partial charge in [-0.2, -0.15) is 0 Å². The van der Waals surface area contributed by atoms with Gasteiger partial charge >= 0.3 is 0 Å². The van der Waals surface area contributed by atoms with Crippen LogP contribution in [-0.2, 0) is 4.74 Å². The smallest absolute Gasteiger partial charge is 0.0748 e. The number of benzene rings is 2. The Balaban J connectivity index is 2.30. The van der Waals surface area contributed by atoms with Gasteiger partial charge in [0.2, 0.25) is 0 Å². The number of methoxy groups -OCH3 is 1. The van der Waals surface area contributed by atoms with Crippen LogP contribution in [0.25, 0.3) is 0 Å². The van der Waals surface area contributed by atoms with Gasteiger partial charge in [0.25, 0.3) is 0 Å². The van der Waals surface area contributed by atoms with E-state index in [1.807, 2.05) is 18.2 Å². The second kappa shape index (κ2) is 7.25. The summed E-state index contributed by atoms with van der Waals surface area (Å²) < 4.78 is 7.43. The lowest BCUT2D eigenvalue weighted by Crippen LogP contribution is -2.16. The topological polar surface area (TPSA) is 21.3 Å². The van der Waals surface area contributed by atoms with Gasteiger partial charge in [-0.1, -0.05) is 30.3 Å². The van der Waals surface area contributed by atoms with Gasteiger partial charge in [0.1, 0.15) is 0 Å². The first kappa shape index (κ1) is 15.5. The van der Waals surface area contributed by atoms with Crippen molar-refractivity contribution in [3.63, 3.8) is 0 Å². The lowest BCUT2D eigenvalue weighted by atomic mass is 10.1. The SMILES string of the molecule is COCC(Nc1c(Br)cc(C)cc1Br)c1ccccc1. The molecule has 0 saturated carbocycles. The van der Waals surface area contributed by atoms with E-state index in [9.17, 15) is 0 Å². The number of hydrogen-bond donors (Lipinski definition) is 1. The van der Waals surface area contributed by atoms with Gasteiger partial charge in [0, 0.05) is 16.1 Å². The molecule has 0 saturated heterocycles. The molecule has 1 N–H and O–H groups in total. The summed E-state index contributed by atoms with van der Waals surface area (Å²) in [5, 5.41) is 3.54. The van der Waals surface area contributed by atoms with Crippen LogP contribution in [0.2, 0.25) is 0 Å². The molecule has 0 spiro atoms. The monoisotopic (exact) mass is 397 g/mol. The first-order valence-electron chi connectivity index (χ1n) is 6.38. The summed E-state index contributed by atoms with van der Waals surface area (Å²) in [7, 11) is 1.72. The molecule has 0 amide bonds. The zero-order valence-electron chi connectivity index (χ0n) is 11.5. The summed E-state index contributed by atoms with van der Waals surface area (Å²) in [6.45, 7) is 2.68. The first-order valence-corrected chi connectivity index (χ1v) is 7.96. The maximum Gasteiger partial charge on any atom is 0.0748 e. The molecule has 0 fully saturated rings. The van der Waals surface area contributed by atoms with Gasteiger partial charge in [-0.15, -0.1) is 0 Å². The molecular formula is C16H17Br2NO. The van der Waals surface area contributed by atoms with Crippen LogP contribution in [0.1, 0.15) is 17.2 Å². The molecule has 0 aliphatic rings. The lowest BCUT2D eigenvalue weighted by molar-refractivity contribution is 0.186. The molecule has 20 heavy (non-hydrogen) atoms. The molecule has 0 aromatic heterocycles. The van der Waals surface area contributed by atoms with Gasteiger partial charge in [-0.25, -0.2) is 0 Å². The molecule has 0 bridgehead atoms. The fourth-order valence-electron chi connectivity index (χ4n) is 2.09. The number of aryl methyl sites for hydroxylation is 1. The van der Waals surface area contributed by atoms with E-state index < -0.39 is 0 Å². The van der Waals surface area contributed by atoms with Crippen LogP contribution in [0, 0.1) is 6.92 Å². The van der Waals surface area contributed by atoms with Gasteiger partial charge in [0.15, 0.2) is 0 Å². The van der Waals surface area contributed by atoms with E-state index in [0.29, 0.717) is 6.61 Å². The molecule has 4 heteroatoms. The third-order valence-corrected chi connectivity index (χ3v) is 4.29. The van der Waals surface area contributed by atoms with Gasteiger partial charge in [-0.3, -0.25) is 0 Å². The Hall–Kier alpha value is -0.840. The summed E-state index contributed by atoms with van der Waals surface area (Å²) in [5.74, 6) is 0. The Bertz CT molecular complexity index is 549. The molecule has 1 atom stereocenters. The zero-order valence-corrected chi connectivity index (χ0v) is 14.7. The average molecular weight is 399 g/mol. The largest absolute Gasteiger partial charge is 0.382 e. The van der Waals surface area contributed by atoms with E-state index in [0.717, 1.165) is 14.6 Å². The molecule has 1 unspecified atom stereocenters. The maximum atomic E-state index is 5.34. The normalized spacial score (nSPS) is 12.2. The second-order valence-corrected chi connectivity index (χ2v) is 6.38. The molecule has 2 nitrogen and oxygen atoms in total.